The van der Waals surface area contributed by atoms with Crippen molar-refractivity contribution in [3.8, 4) is 0 Å². The molecular weight excluding hydrogens is 518 g/mol. The lowest BCUT2D eigenvalue weighted by atomic mass is 10.2. The van der Waals surface area contributed by atoms with Crippen LogP contribution in [0, 0.1) is 12.7 Å². The molecule has 1 aromatic carbocycles. The van der Waals surface area contributed by atoms with Gasteiger partial charge in [0.2, 0.25) is 0 Å². The Morgan fingerprint density at radius 2 is 2.18 bits per heavy atom. The first kappa shape index (κ1) is 24.6. The molecular formula is C18H23ClFIN4O2S. The Kier molecular flexibility index (Phi) is 10.1. The lowest BCUT2D eigenvalue weighted by Gasteiger charge is -2.16. The molecule has 0 fully saturated rings. The van der Waals surface area contributed by atoms with Gasteiger partial charge in [-0.3, -0.25) is 4.99 Å². The minimum absolute atomic E-state index is 0. The van der Waals surface area contributed by atoms with Crippen LogP contribution in [0.25, 0.3) is 0 Å². The van der Waals surface area contributed by atoms with Crippen LogP contribution in [-0.4, -0.2) is 30.6 Å². The molecule has 28 heavy (non-hydrogen) atoms. The third-order valence-corrected chi connectivity index (χ3v) is 5.28. The third kappa shape index (κ3) is 6.56. The molecule has 10 heteroatoms. The minimum Gasteiger partial charge on any atom is -0.462 e. The highest BCUT2D eigenvalue weighted by molar-refractivity contribution is 14.0. The van der Waals surface area contributed by atoms with Gasteiger partial charge in [0.25, 0.3) is 0 Å². The number of aromatic nitrogens is 1. The summed E-state index contributed by atoms with van der Waals surface area (Å²) in [6.45, 7) is 6.23. The second-order valence-electron chi connectivity index (χ2n) is 5.73. The van der Waals surface area contributed by atoms with Crippen LogP contribution in [0.2, 0.25) is 5.02 Å². The molecule has 2 aromatic rings. The number of aliphatic imine (C=N–C) groups is 1. The largest absolute Gasteiger partial charge is 0.462 e. The van der Waals surface area contributed by atoms with Gasteiger partial charge in [0.05, 0.1) is 23.4 Å². The number of carbonyl (C=O) groups is 1. The maximum absolute atomic E-state index is 13.2. The van der Waals surface area contributed by atoms with Crippen molar-refractivity contribution < 1.29 is 13.9 Å². The summed E-state index contributed by atoms with van der Waals surface area (Å²) in [6, 6.07) is 4.38. The van der Waals surface area contributed by atoms with Crippen molar-refractivity contribution in [2.24, 2.45) is 4.99 Å². The molecule has 154 valence electrons. The van der Waals surface area contributed by atoms with E-state index in [0.717, 1.165) is 10.6 Å². The van der Waals surface area contributed by atoms with Gasteiger partial charge < -0.3 is 15.4 Å². The summed E-state index contributed by atoms with van der Waals surface area (Å²) in [6.07, 6.45) is 0. The van der Waals surface area contributed by atoms with E-state index in [2.05, 4.69) is 20.6 Å². The molecule has 1 unspecified atom stereocenters. The molecule has 1 atom stereocenters. The van der Waals surface area contributed by atoms with Crippen molar-refractivity contribution in [3.05, 3.63) is 50.2 Å². The number of ether oxygens (including phenoxy) is 1. The first-order chi connectivity index (χ1) is 12.8. The predicted molar refractivity (Wildman–Crippen MR) is 121 cm³/mol. The number of benzene rings is 1. The smallest absolute Gasteiger partial charge is 0.350 e. The number of esters is 1. The number of guanidine groups is 1. The lowest BCUT2D eigenvalue weighted by molar-refractivity contribution is 0.0531. The van der Waals surface area contributed by atoms with Crippen molar-refractivity contribution in [2.45, 2.75) is 33.4 Å². The molecule has 0 saturated heterocycles. The molecule has 0 spiro atoms. The summed E-state index contributed by atoms with van der Waals surface area (Å²) < 4.78 is 18.3. The van der Waals surface area contributed by atoms with Gasteiger partial charge in [0.1, 0.15) is 15.7 Å². The Morgan fingerprint density at radius 1 is 1.46 bits per heavy atom. The number of nitrogens with zero attached hydrogens (tertiary/aromatic N) is 2. The van der Waals surface area contributed by atoms with Crippen LogP contribution in [0.15, 0.2) is 23.2 Å². The van der Waals surface area contributed by atoms with Crippen molar-refractivity contribution in [1.82, 2.24) is 15.6 Å². The average Bonchev–Trinajstić information content (AvgIpc) is 3.03. The zero-order valence-electron chi connectivity index (χ0n) is 16.0. The van der Waals surface area contributed by atoms with E-state index in [-0.39, 0.29) is 41.0 Å². The number of aryl methyl sites for hydroxylation is 1. The van der Waals surface area contributed by atoms with Crippen LogP contribution in [0.1, 0.15) is 45.8 Å². The Labute approximate surface area is 190 Å². The number of hydrogen-bond donors (Lipinski definition) is 2. The molecule has 2 N–H and O–H groups in total. The molecule has 0 aliphatic carbocycles. The number of thiazole rings is 1. The van der Waals surface area contributed by atoms with E-state index in [0.29, 0.717) is 29.7 Å². The van der Waals surface area contributed by atoms with Gasteiger partial charge in [0.15, 0.2) is 5.96 Å². The van der Waals surface area contributed by atoms with Gasteiger partial charge in [-0.15, -0.1) is 35.3 Å². The second kappa shape index (κ2) is 11.5. The summed E-state index contributed by atoms with van der Waals surface area (Å²) >= 11 is 7.10. The fraction of sp³-hybridized carbons (Fsp3) is 0.389. The number of halogens is 3. The molecule has 0 aliphatic rings. The fourth-order valence-corrected chi connectivity index (χ4v) is 3.45. The SMILES string of the molecule is CCOC(=O)c1sc(C(C)NC(=NC)NCc2ccc(F)c(Cl)c2)nc1C.I. The molecule has 0 amide bonds. The highest BCUT2D eigenvalue weighted by atomic mass is 127. The molecule has 0 radical (unpaired) electrons. The molecule has 1 aromatic heterocycles. The summed E-state index contributed by atoms with van der Waals surface area (Å²) in [5.74, 6) is -0.261. The quantitative estimate of drug-likeness (QED) is 0.245. The van der Waals surface area contributed by atoms with Gasteiger partial charge in [0, 0.05) is 13.6 Å². The zero-order chi connectivity index (χ0) is 20.0. The third-order valence-electron chi connectivity index (χ3n) is 3.67. The van der Waals surface area contributed by atoms with Crippen molar-refractivity contribution in [1.29, 1.82) is 0 Å². The first-order valence-electron chi connectivity index (χ1n) is 8.41. The number of nitrogens with one attached hydrogen (secondary N) is 2. The van der Waals surface area contributed by atoms with Gasteiger partial charge in [-0.25, -0.2) is 14.2 Å². The zero-order valence-corrected chi connectivity index (χ0v) is 19.9. The maximum Gasteiger partial charge on any atom is 0.350 e. The van der Waals surface area contributed by atoms with E-state index < -0.39 is 5.82 Å². The topological polar surface area (TPSA) is 75.6 Å². The van der Waals surface area contributed by atoms with E-state index in [1.165, 1.54) is 17.4 Å². The standard InChI is InChI=1S/C18H22ClFN4O2S.HI/c1-5-26-17(25)15-10(2)23-16(27-15)11(3)24-18(21-4)22-9-12-6-7-14(20)13(19)8-12;/h6-8,11H,5,9H2,1-4H3,(H2,21,22,24);1H. The second-order valence-corrected chi connectivity index (χ2v) is 7.17. The highest BCUT2D eigenvalue weighted by Gasteiger charge is 2.20. The Bertz CT molecular complexity index is 847. The number of carbonyl (C=O) groups excluding carboxylic acids is 1. The summed E-state index contributed by atoms with van der Waals surface area (Å²) in [5, 5.41) is 7.19. The number of rotatable bonds is 6. The number of hydrogen-bond acceptors (Lipinski definition) is 5. The van der Waals surface area contributed by atoms with Crippen LogP contribution in [0.3, 0.4) is 0 Å². The summed E-state index contributed by atoms with van der Waals surface area (Å²) in [5.41, 5.74) is 1.47. The Hall–Kier alpha value is -1.46. The fourth-order valence-electron chi connectivity index (χ4n) is 2.29. The summed E-state index contributed by atoms with van der Waals surface area (Å²) in [7, 11) is 1.65. The van der Waals surface area contributed by atoms with E-state index in [9.17, 15) is 9.18 Å². The van der Waals surface area contributed by atoms with E-state index >= 15 is 0 Å². The summed E-state index contributed by atoms with van der Waals surface area (Å²) in [4.78, 5) is 21.1. The molecule has 1 heterocycles. The van der Waals surface area contributed by atoms with Crippen molar-refractivity contribution >= 4 is 58.8 Å². The average molecular weight is 541 g/mol. The first-order valence-corrected chi connectivity index (χ1v) is 9.60. The minimum atomic E-state index is -0.451. The van der Waals surface area contributed by atoms with Crippen molar-refractivity contribution in [3.63, 3.8) is 0 Å². The molecule has 6 nitrogen and oxygen atoms in total. The Balaban J connectivity index is 0.00000392. The predicted octanol–water partition coefficient (Wildman–Crippen LogP) is 4.46. The van der Waals surface area contributed by atoms with E-state index in [1.54, 1.807) is 33.0 Å². The maximum atomic E-state index is 13.2. The van der Waals surface area contributed by atoms with E-state index in [4.69, 9.17) is 16.3 Å². The van der Waals surface area contributed by atoms with Crippen LogP contribution in [0.4, 0.5) is 4.39 Å². The van der Waals surface area contributed by atoms with Crippen LogP contribution in [-0.2, 0) is 11.3 Å². The highest BCUT2D eigenvalue weighted by Crippen LogP contribution is 2.24. The lowest BCUT2D eigenvalue weighted by Crippen LogP contribution is -2.38. The Morgan fingerprint density at radius 3 is 2.79 bits per heavy atom. The van der Waals surface area contributed by atoms with Crippen LogP contribution >= 0.6 is 46.9 Å². The van der Waals surface area contributed by atoms with Gasteiger partial charge >= 0.3 is 5.97 Å². The molecule has 0 saturated carbocycles. The monoisotopic (exact) mass is 540 g/mol. The van der Waals surface area contributed by atoms with Crippen LogP contribution < -0.4 is 10.6 Å². The molecule has 0 bridgehead atoms. The normalized spacial score (nSPS) is 12.1. The molecule has 0 aliphatic heterocycles. The van der Waals surface area contributed by atoms with E-state index in [1.807, 2.05) is 6.92 Å². The van der Waals surface area contributed by atoms with Crippen LogP contribution in [0.5, 0.6) is 0 Å². The van der Waals surface area contributed by atoms with Crippen molar-refractivity contribution in [2.75, 3.05) is 13.7 Å². The van der Waals surface area contributed by atoms with Gasteiger partial charge in [-0.1, -0.05) is 17.7 Å². The van der Waals surface area contributed by atoms with Gasteiger partial charge in [-0.05, 0) is 38.5 Å². The van der Waals surface area contributed by atoms with Gasteiger partial charge in [-0.2, -0.15) is 0 Å². The molecule has 2 rings (SSSR count).